The molecular weight excluding hydrogens is 269 g/mol. The molecule has 1 unspecified atom stereocenters. The van der Waals surface area contributed by atoms with Crippen LogP contribution in [0.15, 0.2) is 12.1 Å². The molecular formula is C14H17F3N2O. The van der Waals surface area contributed by atoms with Gasteiger partial charge in [0.1, 0.15) is 0 Å². The van der Waals surface area contributed by atoms with Crippen molar-refractivity contribution >= 4 is 11.6 Å². The number of amides is 1. The molecule has 1 N–H and O–H groups in total. The number of rotatable bonds is 3. The lowest BCUT2D eigenvalue weighted by Gasteiger charge is -2.32. The van der Waals surface area contributed by atoms with Crippen LogP contribution in [0.3, 0.4) is 0 Å². The molecule has 0 aromatic heterocycles. The molecule has 3 nitrogen and oxygen atoms in total. The summed E-state index contributed by atoms with van der Waals surface area (Å²) >= 11 is 0. The minimum Gasteiger partial charge on any atom is -0.322 e. The molecule has 1 heterocycles. The lowest BCUT2D eigenvalue weighted by Crippen LogP contribution is -2.42. The maximum Gasteiger partial charge on any atom is 0.238 e. The average Bonchev–Trinajstić information content (AvgIpc) is 2.42. The number of carbonyl (C=O) groups excluding carboxylic acids is 1. The third-order valence-electron chi connectivity index (χ3n) is 3.60. The summed E-state index contributed by atoms with van der Waals surface area (Å²) in [5.41, 5.74) is -0.335. The van der Waals surface area contributed by atoms with Gasteiger partial charge in [0.15, 0.2) is 17.5 Å². The maximum atomic E-state index is 13.4. The lowest BCUT2D eigenvalue weighted by atomic mass is 10.0. The zero-order chi connectivity index (χ0) is 14.7. The van der Waals surface area contributed by atoms with E-state index in [4.69, 9.17) is 0 Å². The van der Waals surface area contributed by atoms with E-state index < -0.39 is 23.4 Å². The highest BCUT2D eigenvalue weighted by Crippen LogP contribution is 2.20. The summed E-state index contributed by atoms with van der Waals surface area (Å²) in [6.45, 7) is 2.97. The largest absolute Gasteiger partial charge is 0.322 e. The van der Waals surface area contributed by atoms with Crippen molar-refractivity contribution in [1.29, 1.82) is 0 Å². The number of piperidine rings is 1. The van der Waals surface area contributed by atoms with Crippen molar-refractivity contribution < 1.29 is 18.0 Å². The van der Waals surface area contributed by atoms with Crippen LogP contribution in [0.25, 0.3) is 0 Å². The lowest BCUT2D eigenvalue weighted by molar-refractivity contribution is -0.118. The highest BCUT2D eigenvalue weighted by atomic mass is 19.2. The third-order valence-corrected chi connectivity index (χ3v) is 3.60. The Labute approximate surface area is 115 Å². The Morgan fingerprint density at radius 2 is 2.05 bits per heavy atom. The number of nitrogens with zero attached hydrogens (tertiary/aromatic N) is 1. The number of halogens is 3. The van der Waals surface area contributed by atoms with Crippen LogP contribution in [0, 0.1) is 17.5 Å². The second-order valence-electron chi connectivity index (χ2n) is 5.09. The van der Waals surface area contributed by atoms with Gasteiger partial charge in [-0.25, -0.2) is 13.2 Å². The van der Waals surface area contributed by atoms with Gasteiger partial charge in [-0.15, -0.1) is 0 Å². The molecule has 1 aromatic carbocycles. The van der Waals surface area contributed by atoms with E-state index in [2.05, 4.69) is 5.32 Å². The van der Waals surface area contributed by atoms with Crippen LogP contribution in [0.1, 0.15) is 26.2 Å². The van der Waals surface area contributed by atoms with E-state index in [9.17, 15) is 18.0 Å². The van der Waals surface area contributed by atoms with Gasteiger partial charge in [0.2, 0.25) is 5.91 Å². The van der Waals surface area contributed by atoms with Gasteiger partial charge < -0.3 is 5.32 Å². The van der Waals surface area contributed by atoms with E-state index in [1.807, 2.05) is 11.8 Å². The zero-order valence-corrected chi connectivity index (χ0v) is 11.3. The third kappa shape index (κ3) is 3.30. The number of hydrogen-bond acceptors (Lipinski definition) is 2. The molecule has 1 fully saturated rings. The Kier molecular flexibility index (Phi) is 4.65. The van der Waals surface area contributed by atoms with Gasteiger partial charge in [-0.05, 0) is 38.4 Å². The fraction of sp³-hybridized carbons (Fsp3) is 0.500. The first-order valence-electron chi connectivity index (χ1n) is 6.66. The predicted molar refractivity (Wildman–Crippen MR) is 69.8 cm³/mol. The molecule has 1 amide bonds. The van der Waals surface area contributed by atoms with E-state index in [0.717, 1.165) is 37.9 Å². The highest BCUT2D eigenvalue weighted by Gasteiger charge is 2.21. The molecule has 0 spiro atoms. The number of nitrogens with one attached hydrogen (secondary N) is 1. The fourth-order valence-electron chi connectivity index (χ4n) is 2.39. The number of hydrogen-bond donors (Lipinski definition) is 1. The second kappa shape index (κ2) is 6.26. The predicted octanol–water partition coefficient (Wildman–Crippen LogP) is 2.92. The number of anilines is 1. The number of likely N-dealkylation sites (tertiary alicyclic amines) is 1. The average molecular weight is 286 g/mol. The molecule has 1 aliphatic heterocycles. The van der Waals surface area contributed by atoms with Crippen molar-refractivity contribution in [3.05, 3.63) is 29.6 Å². The van der Waals surface area contributed by atoms with Gasteiger partial charge in [0, 0.05) is 6.04 Å². The number of carbonyl (C=O) groups is 1. The first-order chi connectivity index (χ1) is 9.49. The smallest absolute Gasteiger partial charge is 0.238 e. The summed E-state index contributed by atoms with van der Waals surface area (Å²) in [7, 11) is 0. The van der Waals surface area contributed by atoms with Crippen LogP contribution in [0.4, 0.5) is 18.9 Å². The number of benzene rings is 1. The van der Waals surface area contributed by atoms with Crippen LogP contribution in [0.5, 0.6) is 0 Å². The molecule has 0 radical (unpaired) electrons. The highest BCUT2D eigenvalue weighted by molar-refractivity contribution is 5.92. The molecule has 0 bridgehead atoms. The summed E-state index contributed by atoms with van der Waals surface area (Å²) in [4.78, 5) is 13.8. The minimum absolute atomic E-state index is 0.125. The Morgan fingerprint density at radius 3 is 2.75 bits per heavy atom. The van der Waals surface area contributed by atoms with Crippen LogP contribution in [-0.2, 0) is 4.79 Å². The Morgan fingerprint density at radius 1 is 1.30 bits per heavy atom. The standard InChI is InChI=1S/C14H17F3N2O/c1-9-4-2-3-7-19(9)8-12(20)18-11-6-5-10(15)13(16)14(11)17/h5-6,9H,2-4,7-8H2,1H3,(H,18,20). The Hall–Kier alpha value is -1.56. The molecule has 1 atom stereocenters. The second-order valence-corrected chi connectivity index (χ2v) is 5.09. The first-order valence-corrected chi connectivity index (χ1v) is 6.66. The van der Waals surface area contributed by atoms with Gasteiger partial charge in [0.25, 0.3) is 0 Å². The van der Waals surface area contributed by atoms with Gasteiger partial charge in [0.05, 0.1) is 12.2 Å². The van der Waals surface area contributed by atoms with E-state index >= 15 is 0 Å². The topological polar surface area (TPSA) is 32.3 Å². The van der Waals surface area contributed by atoms with Gasteiger partial charge in [-0.3, -0.25) is 9.69 Å². The van der Waals surface area contributed by atoms with Gasteiger partial charge >= 0.3 is 0 Å². The van der Waals surface area contributed by atoms with Crippen LogP contribution >= 0.6 is 0 Å². The quantitative estimate of drug-likeness (QED) is 0.867. The minimum atomic E-state index is -1.57. The summed E-state index contributed by atoms with van der Waals surface area (Å²) in [6, 6.07) is 2.10. The Bertz CT molecular complexity index is 507. The first kappa shape index (κ1) is 14.8. The van der Waals surface area contributed by atoms with Crippen molar-refractivity contribution in [1.82, 2.24) is 4.90 Å². The molecule has 1 saturated heterocycles. The van der Waals surface area contributed by atoms with Gasteiger partial charge in [-0.2, -0.15) is 0 Å². The van der Waals surface area contributed by atoms with Crippen molar-refractivity contribution in [2.24, 2.45) is 0 Å². The van der Waals surface area contributed by atoms with Crippen molar-refractivity contribution in [3.63, 3.8) is 0 Å². The summed E-state index contributed by atoms with van der Waals surface area (Å²) in [6.07, 6.45) is 3.18. The summed E-state index contributed by atoms with van der Waals surface area (Å²) < 4.78 is 39.3. The van der Waals surface area contributed by atoms with Crippen molar-refractivity contribution in [3.8, 4) is 0 Å². The molecule has 6 heteroatoms. The summed E-state index contributed by atoms with van der Waals surface area (Å²) in [5.74, 6) is -4.65. The van der Waals surface area contributed by atoms with E-state index in [0.29, 0.717) is 6.04 Å². The van der Waals surface area contributed by atoms with E-state index in [-0.39, 0.29) is 12.2 Å². The molecule has 1 aliphatic rings. The van der Waals surface area contributed by atoms with Crippen LogP contribution < -0.4 is 5.32 Å². The molecule has 2 rings (SSSR count). The zero-order valence-electron chi connectivity index (χ0n) is 11.3. The van der Waals surface area contributed by atoms with Gasteiger partial charge in [-0.1, -0.05) is 6.42 Å². The molecule has 110 valence electrons. The van der Waals surface area contributed by atoms with Crippen molar-refractivity contribution in [2.45, 2.75) is 32.2 Å². The molecule has 0 saturated carbocycles. The summed E-state index contributed by atoms with van der Waals surface area (Å²) in [5, 5.41) is 2.28. The fourth-order valence-corrected chi connectivity index (χ4v) is 2.39. The van der Waals surface area contributed by atoms with Crippen LogP contribution in [0.2, 0.25) is 0 Å². The van der Waals surface area contributed by atoms with Crippen molar-refractivity contribution in [2.75, 3.05) is 18.4 Å². The molecule has 1 aromatic rings. The monoisotopic (exact) mass is 286 g/mol. The van der Waals surface area contributed by atoms with E-state index in [1.54, 1.807) is 0 Å². The maximum absolute atomic E-state index is 13.4. The SMILES string of the molecule is CC1CCCCN1CC(=O)Nc1ccc(F)c(F)c1F. The molecule has 0 aliphatic carbocycles. The Balaban J connectivity index is 1.99. The van der Waals surface area contributed by atoms with Crippen LogP contribution in [-0.4, -0.2) is 29.9 Å². The molecule has 20 heavy (non-hydrogen) atoms. The van der Waals surface area contributed by atoms with E-state index in [1.165, 1.54) is 0 Å². The normalized spacial score (nSPS) is 19.9.